The molecule has 0 aliphatic rings. The van der Waals surface area contributed by atoms with E-state index in [1.54, 1.807) is 6.20 Å². The second-order valence-electron chi connectivity index (χ2n) is 4.95. The van der Waals surface area contributed by atoms with Crippen molar-refractivity contribution in [2.24, 2.45) is 0 Å². The van der Waals surface area contributed by atoms with E-state index < -0.39 is 0 Å². The second-order valence-corrected chi connectivity index (χ2v) is 4.95. The summed E-state index contributed by atoms with van der Waals surface area (Å²) in [6, 6.07) is 5.61. The third kappa shape index (κ3) is 3.02. The third-order valence-corrected chi connectivity index (χ3v) is 2.88. The Morgan fingerprint density at radius 1 is 1.32 bits per heavy atom. The van der Waals surface area contributed by atoms with E-state index in [1.165, 1.54) is 0 Å². The first-order valence-corrected chi connectivity index (χ1v) is 6.31. The van der Waals surface area contributed by atoms with Crippen molar-refractivity contribution < 1.29 is 9.21 Å². The summed E-state index contributed by atoms with van der Waals surface area (Å²) in [5.41, 5.74) is 2.51. The average molecular weight is 258 g/mol. The summed E-state index contributed by atoms with van der Waals surface area (Å²) in [5.74, 6) is 1.21. The minimum absolute atomic E-state index is 0.246. The van der Waals surface area contributed by atoms with E-state index in [0.29, 0.717) is 17.4 Å². The number of carbonyl (C=O) groups is 1. The number of furan rings is 1. The molecular weight excluding hydrogens is 240 g/mol. The van der Waals surface area contributed by atoms with Crippen LogP contribution in [0.5, 0.6) is 0 Å². The molecule has 4 heteroatoms. The fraction of sp³-hybridized carbons (Fsp3) is 0.333. The molecule has 0 radical (unpaired) electrons. The Morgan fingerprint density at radius 2 is 2.05 bits per heavy atom. The fourth-order valence-corrected chi connectivity index (χ4v) is 1.88. The largest absolute Gasteiger partial charge is 0.456 e. The number of rotatable bonds is 3. The van der Waals surface area contributed by atoms with Gasteiger partial charge < -0.3 is 9.73 Å². The number of amides is 1. The van der Waals surface area contributed by atoms with Gasteiger partial charge in [0.25, 0.3) is 5.91 Å². The topological polar surface area (TPSA) is 55.1 Å². The van der Waals surface area contributed by atoms with Crippen LogP contribution in [-0.2, 0) is 0 Å². The molecule has 19 heavy (non-hydrogen) atoms. The molecule has 1 N–H and O–H groups in total. The Balaban J connectivity index is 2.13. The summed E-state index contributed by atoms with van der Waals surface area (Å²) in [4.78, 5) is 16.3. The normalized spacial score (nSPS) is 10.8. The van der Waals surface area contributed by atoms with Gasteiger partial charge in [0.2, 0.25) is 0 Å². The van der Waals surface area contributed by atoms with Gasteiger partial charge in [-0.3, -0.25) is 9.78 Å². The molecule has 0 spiro atoms. The van der Waals surface area contributed by atoms with Crippen molar-refractivity contribution in [2.45, 2.75) is 33.6 Å². The Kier molecular flexibility index (Phi) is 3.69. The van der Waals surface area contributed by atoms with E-state index in [1.807, 2.05) is 32.0 Å². The van der Waals surface area contributed by atoms with Gasteiger partial charge in [-0.15, -0.1) is 0 Å². The van der Waals surface area contributed by atoms with Crippen LogP contribution in [0.1, 0.15) is 47.3 Å². The van der Waals surface area contributed by atoms with Crippen LogP contribution in [0.2, 0.25) is 0 Å². The van der Waals surface area contributed by atoms with Gasteiger partial charge in [0.1, 0.15) is 5.76 Å². The predicted octanol–water partition coefficient (Wildman–Crippen LogP) is 3.67. The standard InChI is InChI=1S/C15H18N2O2/c1-9(2)13-6-5-12(8-16-13)17-15(18)14-10(3)7-11(4)19-14/h5-9H,1-4H3,(H,17,18). The summed E-state index contributed by atoms with van der Waals surface area (Å²) in [6.07, 6.45) is 1.67. The van der Waals surface area contributed by atoms with Gasteiger partial charge >= 0.3 is 0 Å². The number of aromatic nitrogens is 1. The molecule has 0 unspecified atom stereocenters. The number of aryl methyl sites for hydroxylation is 2. The van der Waals surface area contributed by atoms with Crippen LogP contribution in [-0.4, -0.2) is 10.9 Å². The van der Waals surface area contributed by atoms with E-state index in [-0.39, 0.29) is 5.91 Å². The number of hydrogen-bond acceptors (Lipinski definition) is 3. The Bertz CT molecular complexity index is 583. The van der Waals surface area contributed by atoms with Crippen molar-refractivity contribution in [3.8, 4) is 0 Å². The highest BCUT2D eigenvalue weighted by Crippen LogP contribution is 2.17. The summed E-state index contributed by atoms with van der Waals surface area (Å²) >= 11 is 0. The Hall–Kier alpha value is -2.10. The van der Waals surface area contributed by atoms with Crippen molar-refractivity contribution in [3.63, 3.8) is 0 Å². The first kappa shape index (κ1) is 13.3. The summed E-state index contributed by atoms with van der Waals surface area (Å²) in [5, 5.41) is 2.78. The van der Waals surface area contributed by atoms with Crippen molar-refractivity contribution in [1.29, 1.82) is 0 Å². The van der Waals surface area contributed by atoms with Crippen LogP contribution >= 0.6 is 0 Å². The lowest BCUT2D eigenvalue weighted by atomic mass is 10.1. The first-order chi connectivity index (χ1) is 8.97. The van der Waals surface area contributed by atoms with E-state index in [2.05, 4.69) is 24.1 Å². The predicted molar refractivity (Wildman–Crippen MR) is 74.5 cm³/mol. The molecule has 100 valence electrons. The van der Waals surface area contributed by atoms with Gasteiger partial charge in [-0.1, -0.05) is 13.8 Å². The van der Waals surface area contributed by atoms with Crippen LogP contribution in [0.4, 0.5) is 5.69 Å². The van der Waals surface area contributed by atoms with Gasteiger partial charge in [-0.25, -0.2) is 0 Å². The van der Waals surface area contributed by atoms with Crippen LogP contribution in [0.25, 0.3) is 0 Å². The van der Waals surface area contributed by atoms with E-state index >= 15 is 0 Å². The van der Waals surface area contributed by atoms with Crippen molar-refractivity contribution >= 4 is 11.6 Å². The quantitative estimate of drug-likeness (QED) is 0.913. The van der Waals surface area contributed by atoms with Crippen molar-refractivity contribution in [3.05, 3.63) is 47.2 Å². The molecule has 2 aromatic rings. The van der Waals surface area contributed by atoms with Crippen LogP contribution in [0.15, 0.2) is 28.8 Å². The highest BCUT2D eigenvalue weighted by molar-refractivity contribution is 6.03. The number of nitrogens with one attached hydrogen (secondary N) is 1. The smallest absolute Gasteiger partial charge is 0.291 e. The monoisotopic (exact) mass is 258 g/mol. The molecule has 2 rings (SSSR count). The number of hydrogen-bond donors (Lipinski definition) is 1. The molecular formula is C15H18N2O2. The maximum atomic E-state index is 12.0. The minimum atomic E-state index is -0.246. The number of carbonyl (C=O) groups excluding carboxylic acids is 1. The number of anilines is 1. The number of nitrogens with zero attached hydrogens (tertiary/aromatic N) is 1. The molecule has 0 saturated heterocycles. The summed E-state index contributed by atoms with van der Waals surface area (Å²) in [6.45, 7) is 7.83. The molecule has 2 aromatic heterocycles. The van der Waals surface area contributed by atoms with Crippen molar-refractivity contribution in [2.75, 3.05) is 5.32 Å². The van der Waals surface area contributed by atoms with E-state index in [4.69, 9.17) is 4.42 Å². The molecule has 0 bridgehead atoms. The summed E-state index contributed by atoms with van der Waals surface area (Å²) < 4.78 is 5.38. The minimum Gasteiger partial charge on any atom is -0.456 e. The van der Waals surface area contributed by atoms with Gasteiger partial charge in [0.15, 0.2) is 5.76 Å². The highest BCUT2D eigenvalue weighted by atomic mass is 16.3. The van der Waals surface area contributed by atoms with Crippen LogP contribution in [0, 0.1) is 13.8 Å². The molecule has 1 amide bonds. The lowest BCUT2D eigenvalue weighted by Crippen LogP contribution is -2.12. The summed E-state index contributed by atoms with van der Waals surface area (Å²) in [7, 11) is 0. The van der Waals surface area contributed by atoms with Gasteiger partial charge in [-0.05, 0) is 38.0 Å². The van der Waals surface area contributed by atoms with Gasteiger partial charge in [-0.2, -0.15) is 0 Å². The fourth-order valence-electron chi connectivity index (χ4n) is 1.88. The molecule has 0 saturated carbocycles. The van der Waals surface area contributed by atoms with Crippen LogP contribution in [0.3, 0.4) is 0 Å². The molecule has 0 aliphatic carbocycles. The van der Waals surface area contributed by atoms with Crippen LogP contribution < -0.4 is 5.32 Å². The maximum Gasteiger partial charge on any atom is 0.291 e. The zero-order chi connectivity index (χ0) is 14.0. The Labute approximate surface area is 112 Å². The second kappa shape index (κ2) is 5.26. The molecule has 0 fully saturated rings. The maximum absolute atomic E-state index is 12.0. The molecule has 2 heterocycles. The average Bonchev–Trinajstić information content (AvgIpc) is 2.69. The first-order valence-electron chi connectivity index (χ1n) is 6.31. The molecule has 4 nitrogen and oxygen atoms in total. The lowest BCUT2D eigenvalue weighted by molar-refractivity contribution is 0.0994. The SMILES string of the molecule is Cc1cc(C)c(C(=O)Nc2ccc(C(C)C)nc2)o1. The van der Waals surface area contributed by atoms with Gasteiger partial charge in [0, 0.05) is 11.3 Å². The highest BCUT2D eigenvalue weighted by Gasteiger charge is 2.14. The molecule has 0 aromatic carbocycles. The molecule has 0 aliphatic heterocycles. The zero-order valence-corrected chi connectivity index (χ0v) is 11.7. The lowest BCUT2D eigenvalue weighted by Gasteiger charge is -2.07. The van der Waals surface area contributed by atoms with Crippen molar-refractivity contribution in [1.82, 2.24) is 4.98 Å². The van der Waals surface area contributed by atoms with E-state index in [0.717, 1.165) is 17.0 Å². The van der Waals surface area contributed by atoms with E-state index in [9.17, 15) is 4.79 Å². The Morgan fingerprint density at radius 3 is 2.53 bits per heavy atom. The zero-order valence-electron chi connectivity index (χ0n) is 11.7. The van der Waals surface area contributed by atoms with Gasteiger partial charge in [0.05, 0.1) is 11.9 Å². The third-order valence-electron chi connectivity index (χ3n) is 2.88. The number of pyridine rings is 1. The molecule has 0 atom stereocenters.